The van der Waals surface area contributed by atoms with Gasteiger partial charge in [-0.05, 0) is 18.2 Å². The van der Waals surface area contributed by atoms with E-state index in [1.807, 2.05) is 0 Å². The van der Waals surface area contributed by atoms with Crippen molar-refractivity contribution in [2.75, 3.05) is 0 Å². The SMILES string of the molecule is O=C(O)c1cc2ccc(OS(=O)(=O)C(F)(F)F)cc2o1. The van der Waals surface area contributed by atoms with Crippen molar-refractivity contribution < 1.29 is 40.1 Å². The highest BCUT2D eigenvalue weighted by Gasteiger charge is 2.48. The standard InChI is InChI=1S/C10H5F3O6S/c11-10(12,13)20(16,17)19-6-2-1-5-3-8(9(14)15)18-7(5)4-6/h1-4H,(H,14,15). The third-order valence-electron chi connectivity index (χ3n) is 2.19. The molecule has 10 heteroatoms. The first kappa shape index (κ1) is 14.2. The second-order valence-electron chi connectivity index (χ2n) is 3.60. The summed E-state index contributed by atoms with van der Waals surface area (Å²) in [5, 5.41) is 8.96. The van der Waals surface area contributed by atoms with E-state index in [0.717, 1.165) is 18.2 Å². The van der Waals surface area contributed by atoms with Gasteiger partial charge in [-0.1, -0.05) is 0 Å². The number of hydrogen-bond donors (Lipinski definition) is 1. The summed E-state index contributed by atoms with van der Waals surface area (Å²) in [6.07, 6.45) is 0. The Hall–Kier alpha value is -2.23. The minimum Gasteiger partial charge on any atom is -0.475 e. The van der Waals surface area contributed by atoms with Crippen molar-refractivity contribution in [1.82, 2.24) is 0 Å². The van der Waals surface area contributed by atoms with Crippen molar-refractivity contribution >= 4 is 27.1 Å². The molecule has 0 bridgehead atoms. The highest BCUT2D eigenvalue weighted by Crippen LogP contribution is 2.29. The van der Waals surface area contributed by atoms with Gasteiger partial charge in [0.1, 0.15) is 11.3 Å². The summed E-state index contributed by atoms with van der Waals surface area (Å²) in [5.74, 6) is -2.44. The van der Waals surface area contributed by atoms with Gasteiger partial charge in [-0.3, -0.25) is 0 Å². The van der Waals surface area contributed by atoms with Gasteiger partial charge in [-0.15, -0.1) is 0 Å². The number of carboxylic acid groups (broad SMARTS) is 1. The fraction of sp³-hybridized carbons (Fsp3) is 0.100. The van der Waals surface area contributed by atoms with Gasteiger partial charge in [-0.25, -0.2) is 4.79 Å². The van der Waals surface area contributed by atoms with Crippen LogP contribution in [0.5, 0.6) is 5.75 Å². The van der Waals surface area contributed by atoms with Crippen LogP contribution in [-0.4, -0.2) is 25.0 Å². The van der Waals surface area contributed by atoms with Crippen molar-refractivity contribution in [2.45, 2.75) is 5.51 Å². The Labute approximate surface area is 109 Å². The van der Waals surface area contributed by atoms with Gasteiger partial charge in [-0.2, -0.15) is 21.6 Å². The summed E-state index contributed by atoms with van der Waals surface area (Å²) in [7, 11) is -5.79. The highest BCUT2D eigenvalue weighted by atomic mass is 32.2. The maximum atomic E-state index is 12.1. The van der Waals surface area contributed by atoms with Crippen LogP contribution in [0.25, 0.3) is 11.0 Å². The van der Waals surface area contributed by atoms with Crippen LogP contribution >= 0.6 is 0 Å². The number of fused-ring (bicyclic) bond motifs is 1. The summed E-state index contributed by atoms with van der Waals surface area (Å²) < 4.78 is 66.7. The first-order valence-corrected chi connectivity index (χ1v) is 6.28. The number of halogens is 3. The van der Waals surface area contributed by atoms with Crippen LogP contribution in [-0.2, 0) is 10.1 Å². The Morgan fingerprint density at radius 2 is 1.90 bits per heavy atom. The molecule has 0 amide bonds. The smallest absolute Gasteiger partial charge is 0.475 e. The topological polar surface area (TPSA) is 93.8 Å². The molecule has 0 aliphatic carbocycles. The molecule has 0 unspecified atom stereocenters. The number of rotatable bonds is 3. The molecule has 0 aliphatic heterocycles. The third-order valence-corrected chi connectivity index (χ3v) is 3.17. The molecule has 108 valence electrons. The van der Waals surface area contributed by atoms with Crippen LogP contribution in [0.3, 0.4) is 0 Å². The summed E-state index contributed by atoms with van der Waals surface area (Å²) >= 11 is 0. The monoisotopic (exact) mass is 310 g/mol. The maximum Gasteiger partial charge on any atom is 0.534 e. The molecule has 1 heterocycles. The summed E-state index contributed by atoms with van der Waals surface area (Å²) in [4.78, 5) is 10.6. The maximum absolute atomic E-state index is 12.1. The van der Waals surface area contributed by atoms with Gasteiger partial charge in [0.15, 0.2) is 0 Å². The molecule has 20 heavy (non-hydrogen) atoms. The lowest BCUT2D eigenvalue weighted by Gasteiger charge is -2.08. The van der Waals surface area contributed by atoms with Crippen molar-refractivity contribution in [3.05, 3.63) is 30.0 Å². The van der Waals surface area contributed by atoms with Crippen LogP contribution in [0.2, 0.25) is 0 Å². The van der Waals surface area contributed by atoms with E-state index in [1.165, 1.54) is 6.07 Å². The van der Waals surface area contributed by atoms with E-state index in [2.05, 4.69) is 4.18 Å². The third kappa shape index (κ3) is 2.54. The average molecular weight is 310 g/mol. The Bertz CT molecular complexity index is 774. The van der Waals surface area contributed by atoms with Crippen LogP contribution in [0.15, 0.2) is 28.7 Å². The number of alkyl halides is 3. The quantitative estimate of drug-likeness (QED) is 0.691. The molecule has 0 saturated heterocycles. The number of carbonyl (C=O) groups is 1. The van der Waals surface area contributed by atoms with Crippen LogP contribution in [0.1, 0.15) is 10.6 Å². The van der Waals surface area contributed by atoms with Crippen molar-refractivity contribution in [3.63, 3.8) is 0 Å². The summed E-state index contributed by atoms with van der Waals surface area (Å²) in [6, 6.07) is 4.12. The zero-order valence-electron chi connectivity index (χ0n) is 9.34. The second-order valence-corrected chi connectivity index (χ2v) is 5.14. The number of carboxylic acids is 1. The van der Waals surface area contributed by atoms with Crippen molar-refractivity contribution in [3.8, 4) is 5.75 Å². The fourth-order valence-corrected chi connectivity index (χ4v) is 1.79. The van der Waals surface area contributed by atoms with Gasteiger partial charge < -0.3 is 13.7 Å². The van der Waals surface area contributed by atoms with Crippen LogP contribution < -0.4 is 4.18 Å². The lowest BCUT2D eigenvalue weighted by atomic mass is 10.2. The molecule has 1 aromatic heterocycles. The molecule has 6 nitrogen and oxygen atoms in total. The number of hydrogen-bond acceptors (Lipinski definition) is 5. The Morgan fingerprint density at radius 1 is 1.25 bits per heavy atom. The van der Waals surface area contributed by atoms with Crippen molar-refractivity contribution in [2.24, 2.45) is 0 Å². The van der Waals surface area contributed by atoms with Gasteiger partial charge in [0.2, 0.25) is 5.76 Å². The summed E-state index contributed by atoms with van der Waals surface area (Å²) in [6.45, 7) is 0. The molecule has 1 N–H and O–H groups in total. The highest BCUT2D eigenvalue weighted by molar-refractivity contribution is 7.88. The molecular weight excluding hydrogens is 305 g/mol. The molecule has 0 radical (unpaired) electrons. The van der Waals surface area contributed by atoms with Crippen molar-refractivity contribution in [1.29, 1.82) is 0 Å². The molecule has 0 spiro atoms. The predicted octanol–water partition coefficient (Wildman–Crippen LogP) is 2.36. The first-order valence-electron chi connectivity index (χ1n) is 4.88. The van der Waals surface area contributed by atoms with E-state index in [-0.39, 0.29) is 11.0 Å². The van der Waals surface area contributed by atoms with E-state index in [1.54, 1.807) is 0 Å². The zero-order chi connectivity index (χ0) is 15.1. The molecule has 0 atom stereocenters. The fourth-order valence-electron chi connectivity index (χ4n) is 1.34. The lowest BCUT2D eigenvalue weighted by Crippen LogP contribution is -2.27. The first-order chi connectivity index (χ1) is 9.10. The lowest BCUT2D eigenvalue weighted by molar-refractivity contribution is -0.0500. The van der Waals surface area contributed by atoms with E-state index >= 15 is 0 Å². The zero-order valence-corrected chi connectivity index (χ0v) is 10.2. The largest absolute Gasteiger partial charge is 0.534 e. The molecule has 1 aromatic carbocycles. The molecule has 0 aliphatic rings. The van der Waals surface area contributed by atoms with Crippen LogP contribution in [0.4, 0.5) is 13.2 Å². The number of aromatic carboxylic acids is 1. The molecule has 2 aromatic rings. The van der Waals surface area contributed by atoms with Crippen LogP contribution in [0, 0.1) is 0 Å². The van der Waals surface area contributed by atoms with E-state index in [9.17, 15) is 26.4 Å². The van der Waals surface area contributed by atoms with E-state index in [0.29, 0.717) is 0 Å². The molecule has 2 rings (SSSR count). The molecule has 0 fully saturated rings. The van der Waals surface area contributed by atoms with E-state index in [4.69, 9.17) is 9.52 Å². The van der Waals surface area contributed by atoms with Gasteiger partial charge >= 0.3 is 21.6 Å². The number of benzene rings is 1. The van der Waals surface area contributed by atoms with Gasteiger partial charge in [0.25, 0.3) is 0 Å². The Morgan fingerprint density at radius 3 is 2.45 bits per heavy atom. The molecular formula is C10H5F3O6S. The second kappa shape index (κ2) is 4.40. The predicted molar refractivity (Wildman–Crippen MR) is 58.8 cm³/mol. The Kier molecular flexibility index (Phi) is 3.12. The van der Waals surface area contributed by atoms with Gasteiger partial charge in [0, 0.05) is 11.5 Å². The average Bonchev–Trinajstić information content (AvgIpc) is 2.69. The normalized spacial score (nSPS) is 12.6. The minimum absolute atomic E-state index is 0.114. The van der Waals surface area contributed by atoms with Gasteiger partial charge in [0.05, 0.1) is 0 Å². The minimum atomic E-state index is -5.79. The van der Waals surface area contributed by atoms with E-state index < -0.39 is 33.1 Å². The molecule has 0 saturated carbocycles. The number of furan rings is 1. The Balaban J connectivity index is 2.40. The summed E-state index contributed by atoms with van der Waals surface area (Å²) in [5.41, 5.74) is -5.67.